The third kappa shape index (κ3) is 2.50. The Kier molecular flexibility index (Phi) is 3.60. The highest BCUT2D eigenvalue weighted by Gasteiger charge is 2.36. The summed E-state index contributed by atoms with van der Waals surface area (Å²) in [5, 5.41) is 3.02. The minimum Gasteiger partial charge on any atom is -0.496 e. The Balaban J connectivity index is 2.09. The summed E-state index contributed by atoms with van der Waals surface area (Å²) in [5.41, 5.74) is 1.70. The van der Waals surface area contributed by atoms with Gasteiger partial charge in [-0.2, -0.15) is 0 Å². The van der Waals surface area contributed by atoms with Crippen LogP contribution in [0.4, 0.5) is 5.69 Å². The standard InChI is InChI=1S/C15H21NO2/c1-11-10-12(6-7-13(11)18-3)16-14(17)15(2)8-4-5-9-15/h6-7,10H,4-5,8-9H2,1-3H3,(H,16,17). The van der Waals surface area contributed by atoms with Gasteiger partial charge in [0, 0.05) is 11.1 Å². The Morgan fingerprint density at radius 1 is 1.33 bits per heavy atom. The van der Waals surface area contributed by atoms with Crippen molar-refractivity contribution in [3.63, 3.8) is 0 Å². The minimum atomic E-state index is -0.187. The number of hydrogen-bond donors (Lipinski definition) is 1. The molecule has 0 heterocycles. The predicted molar refractivity (Wildman–Crippen MR) is 72.9 cm³/mol. The van der Waals surface area contributed by atoms with E-state index < -0.39 is 0 Å². The van der Waals surface area contributed by atoms with Gasteiger partial charge in [0.05, 0.1) is 7.11 Å². The molecule has 1 saturated carbocycles. The molecule has 1 aliphatic rings. The lowest BCUT2D eigenvalue weighted by molar-refractivity contribution is -0.124. The molecule has 0 atom stereocenters. The monoisotopic (exact) mass is 247 g/mol. The van der Waals surface area contributed by atoms with E-state index in [1.807, 2.05) is 25.1 Å². The first-order valence-corrected chi connectivity index (χ1v) is 6.51. The molecule has 0 aromatic heterocycles. The Bertz CT molecular complexity index is 448. The SMILES string of the molecule is COc1ccc(NC(=O)C2(C)CCCC2)cc1C. The van der Waals surface area contributed by atoms with Crippen LogP contribution in [0.15, 0.2) is 18.2 Å². The number of amides is 1. The molecule has 0 aliphatic heterocycles. The molecule has 0 unspecified atom stereocenters. The topological polar surface area (TPSA) is 38.3 Å². The quantitative estimate of drug-likeness (QED) is 0.887. The summed E-state index contributed by atoms with van der Waals surface area (Å²) in [5.74, 6) is 0.990. The van der Waals surface area contributed by atoms with Crippen molar-refractivity contribution in [2.75, 3.05) is 12.4 Å². The van der Waals surface area contributed by atoms with E-state index >= 15 is 0 Å². The highest BCUT2D eigenvalue weighted by molar-refractivity contribution is 5.95. The van der Waals surface area contributed by atoms with Gasteiger partial charge < -0.3 is 10.1 Å². The number of carbonyl (C=O) groups excluding carboxylic acids is 1. The molecule has 1 aromatic carbocycles. The smallest absolute Gasteiger partial charge is 0.230 e. The maximum absolute atomic E-state index is 12.3. The molecule has 18 heavy (non-hydrogen) atoms. The normalized spacial score (nSPS) is 17.5. The number of methoxy groups -OCH3 is 1. The van der Waals surface area contributed by atoms with Gasteiger partial charge in [0.25, 0.3) is 0 Å². The summed E-state index contributed by atoms with van der Waals surface area (Å²) >= 11 is 0. The Morgan fingerprint density at radius 3 is 2.56 bits per heavy atom. The second-order valence-corrected chi connectivity index (χ2v) is 5.41. The van der Waals surface area contributed by atoms with Crippen molar-refractivity contribution in [2.45, 2.75) is 39.5 Å². The van der Waals surface area contributed by atoms with Crippen molar-refractivity contribution in [2.24, 2.45) is 5.41 Å². The molecule has 98 valence electrons. The van der Waals surface area contributed by atoms with Gasteiger partial charge in [-0.05, 0) is 43.5 Å². The van der Waals surface area contributed by atoms with Crippen LogP contribution < -0.4 is 10.1 Å². The molecule has 1 aliphatic carbocycles. The average molecular weight is 247 g/mol. The van der Waals surface area contributed by atoms with E-state index in [4.69, 9.17) is 4.74 Å². The molecule has 3 nitrogen and oxygen atoms in total. The van der Waals surface area contributed by atoms with Gasteiger partial charge in [-0.15, -0.1) is 0 Å². The highest BCUT2D eigenvalue weighted by Crippen LogP contribution is 2.38. The van der Waals surface area contributed by atoms with Crippen molar-refractivity contribution in [1.29, 1.82) is 0 Å². The number of hydrogen-bond acceptors (Lipinski definition) is 2. The third-order valence-corrected chi connectivity index (χ3v) is 3.91. The number of rotatable bonds is 3. The van der Waals surface area contributed by atoms with Crippen molar-refractivity contribution in [3.05, 3.63) is 23.8 Å². The Labute approximate surface area is 109 Å². The van der Waals surface area contributed by atoms with Gasteiger partial charge in [0.2, 0.25) is 5.91 Å². The van der Waals surface area contributed by atoms with Gasteiger partial charge >= 0.3 is 0 Å². The van der Waals surface area contributed by atoms with E-state index in [9.17, 15) is 4.79 Å². The molecule has 0 bridgehead atoms. The molecule has 0 saturated heterocycles. The van der Waals surface area contributed by atoms with Crippen LogP contribution in [-0.4, -0.2) is 13.0 Å². The number of aryl methyl sites for hydroxylation is 1. The van der Waals surface area contributed by atoms with Crippen LogP contribution in [0.2, 0.25) is 0 Å². The van der Waals surface area contributed by atoms with Gasteiger partial charge in [-0.1, -0.05) is 19.8 Å². The van der Waals surface area contributed by atoms with Crippen LogP contribution >= 0.6 is 0 Å². The lowest BCUT2D eigenvalue weighted by Gasteiger charge is -2.22. The zero-order valence-electron chi connectivity index (χ0n) is 11.4. The van der Waals surface area contributed by atoms with Crippen molar-refractivity contribution in [3.8, 4) is 5.75 Å². The van der Waals surface area contributed by atoms with E-state index in [-0.39, 0.29) is 11.3 Å². The number of nitrogens with one attached hydrogen (secondary N) is 1. The Hall–Kier alpha value is -1.51. The lowest BCUT2D eigenvalue weighted by Crippen LogP contribution is -2.30. The fourth-order valence-electron chi connectivity index (χ4n) is 2.62. The van der Waals surface area contributed by atoms with Crippen LogP contribution in [-0.2, 0) is 4.79 Å². The van der Waals surface area contributed by atoms with Crippen LogP contribution in [0.25, 0.3) is 0 Å². The van der Waals surface area contributed by atoms with Crippen LogP contribution in [0.5, 0.6) is 5.75 Å². The number of anilines is 1. The maximum Gasteiger partial charge on any atom is 0.230 e. The summed E-state index contributed by atoms with van der Waals surface area (Å²) in [6, 6.07) is 5.74. The average Bonchev–Trinajstić information content (AvgIpc) is 2.78. The molecule has 2 rings (SSSR count). The third-order valence-electron chi connectivity index (χ3n) is 3.91. The van der Waals surface area contributed by atoms with Crippen LogP contribution in [0.1, 0.15) is 38.2 Å². The highest BCUT2D eigenvalue weighted by atomic mass is 16.5. The molecule has 0 radical (unpaired) electrons. The summed E-state index contributed by atoms with van der Waals surface area (Å²) in [4.78, 5) is 12.3. The van der Waals surface area contributed by atoms with E-state index in [0.29, 0.717) is 0 Å². The summed E-state index contributed by atoms with van der Waals surface area (Å²) in [6.07, 6.45) is 4.30. The second kappa shape index (κ2) is 5.01. The van der Waals surface area contributed by atoms with E-state index in [1.54, 1.807) is 7.11 Å². The van der Waals surface area contributed by atoms with Gasteiger partial charge in [0.15, 0.2) is 0 Å². The Morgan fingerprint density at radius 2 is 2.00 bits per heavy atom. The fourth-order valence-corrected chi connectivity index (χ4v) is 2.62. The molecule has 1 aromatic rings. The van der Waals surface area contributed by atoms with Crippen LogP contribution in [0.3, 0.4) is 0 Å². The minimum absolute atomic E-state index is 0.143. The van der Waals surface area contributed by atoms with E-state index in [0.717, 1.165) is 42.7 Å². The number of carbonyl (C=O) groups is 1. The van der Waals surface area contributed by atoms with Crippen molar-refractivity contribution < 1.29 is 9.53 Å². The predicted octanol–water partition coefficient (Wildman–Crippen LogP) is 3.52. The molecule has 0 spiro atoms. The summed E-state index contributed by atoms with van der Waals surface area (Å²) in [7, 11) is 1.65. The summed E-state index contributed by atoms with van der Waals surface area (Å²) < 4.78 is 5.21. The number of ether oxygens (including phenoxy) is 1. The maximum atomic E-state index is 12.3. The number of benzene rings is 1. The zero-order chi connectivity index (χ0) is 13.2. The summed E-state index contributed by atoms with van der Waals surface area (Å²) in [6.45, 7) is 4.04. The first-order chi connectivity index (χ1) is 8.55. The molecular formula is C15H21NO2. The molecule has 1 N–H and O–H groups in total. The van der Waals surface area contributed by atoms with Crippen molar-refractivity contribution in [1.82, 2.24) is 0 Å². The van der Waals surface area contributed by atoms with Gasteiger partial charge in [0.1, 0.15) is 5.75 Å². The second-order valence-electron chi connectivity index (χ2n) is 5.41. The molecule has 1 amide bonds. The molecular weight excluding hydrogens is 226 g/mol. The fraction of sp³-hybridized carbons (Fsp3) is 0.533. The van der Waals surface area contributed by atoms with Gasteiger partial charge in [-0.25, -0.2) is 0 Å². The largest absolute Gasteiger partial charge is 0.496 e. The van der Waals surface area contributed by atoms with Crippen LogP contribution in [0, 0.1) is 12.3 Å². The molecule has 3 heteroatoms. The first-order valence-electron chi connectivity index (χ1n) is 6.51. The van der Waals surface area contributed by atoms with E-state index in [1.165, 1.54) is 0 Å². The first kappa shape index (κ1) is 12.9. The van der Waals surface area contributed by atoms with E-state index in [2.05, 4.69) is 12.2 Å². The zero-order valence-corrected chi connectivity index (χ0v) is 11.4. The van der Waals surface area contributed by atoms with Crippen molar-refractivity contribution >= 4 is 11.6 Å². The van der Waals surface area contributed by atoms with Gasteiger partial charge in [-0.3, -0.25) is 4.79 Å². The lowest BCUT2D eigenvalue weighted by atomic mass is 9.88. The molecule has 1 fully saturated rings.